The second kappa shape index (κ2) is 29.5. The molecule has 3 aromatic carbocycles. The Hall–Kier alpha value is -3.41. The second-order valence-electron chi connectivity index (χ2n) is 27.4. The van der Waals surface area contributed by atoms with Gasteiger partial charge >= 0.3 is 5.97 Å². The molecule has 3 aromatic rings. The monoisotopic (exact) mass is 1210 g/mol. The number of hydrogen-bond donors (Lipinski definition) is 5. The van der Waals surface area contributed by atoms with Crippen molar-refractivity contribution in [2.24, 2.45) is 17.8 Å². The van der Waals surface area contributed by atoms with Crippen LogP contribution in [-0.4, -0.2) is 171 Å². The molecule has 85 heavy (non-hydrogen) atoms. The number of hydrogen-bond acceptors (Lipinski definition) is 14. The summed E-state index contributed by atoms with van der Waals surface area (Å²) in [6.07, 6.45) is -4.10. The molecule has 18 atom stereocenters. The van der Waals surface area contributed by atoms with E-state index < -0.39 is 109 Å². The topological polar surface area (TPSA) is 197 Å². The van der Waals surface area contributed by atoms with Crippen LogP contribution in [0.1, 0.15) is 167 Å². The Morgan fingerprint density at radius 3 is 1.72 bits per heavy atom. The lowest BCUT2D eigenvalue weighted by molar-refractivity contribution is -0.318. The molecule has 0 saturated carbocycles. The van der Waals surface area contributed by atoms with Gasteiger partial charge < -0.3 is 63.8 Å². The van der Waals surface area contributed by atoms with Crippen LogP contribution in [0.25, 0.3) is 0 Å². The molecule has 0 radical (unpaired) electrons. The van der Waals surface area contributed by atoms with Crippen LogP contribution in [-0.2, 0) is 38.0 Å². The molecule has 16 heteroatoms. The number of carbonyl (C=O) groups excluding carboxylic acids is 2. The van der Waals surface area contributed by atoms with Gasteiger partial charge in [-0.15, -0.1) is 0 Å². The molecule has 0 unspecified atom stereocenters. The van der Waals surface area contributed by atoms with Gasteiger partial charge in [0.15, 0.2) is 12.6 Å². The molecular formula is C69H110N2O13P+. The summed E-state index contributed by atoms with van der Waals surface area (Å²) >= 11 is 0. The fourth-order valence-electron chi connectivity index (χ4n) is 14.5. The van der Waals surface area contributed by atoms with E-state index >= 15 is 0 Å². The van der Waals surface area contributed by atoms with Gasteiger partial charge in [-0.05, 0) is 218 Å². The highest BCUT2D eigenvalue weighted by Crippen LogP contribution is 2.57. The van der Waals surface area contributed by atoms with Crippen molar-refractivity contribution in [3.63, 3.8) is 0 Å². The number of benzene rings is 3. The van der Waals surface area contributed by atoms with Gasteiger partial charge in [0.05, 0.1) is 53.7 Å². The Labute approximate surface area is 511 Å². The van der Waals surface area contributed by atoms with Gasteiger partial charge in [-0.1, -0.05) is 51.8 Å². The lowest BCUT2D eigenvalue weighted by Crippen LogP contribution is -2.60. The van der Waals surface area contributed by atoms with Crippen LogP contribution < -0.4 is 15.9 Å². The molecule has 3 saturated heterocycles. The first-order valence-corrected chi connectivity index (χ1v) is 33.6. The molecule has 478 valence electrons. The van der Waals surface area contributed by atoms with Crippen LogP contribution in [0.4, 0.5) is 0 Å². The SMILES string of the molecule is CC[C@H]1OC(=O)[C@H](C)[C@@H](O[C@H]2C[C@@](C)(OC)[C@@H](O)[C@H](C)O2)[C@H](C)[C@@H](O[C@@H]2O[C@H](C)C[C@H](N(C)C)[C@H]2O)[C@](C)(O)C[C@@H](C)CN(C(=O)CCCCCCC[P+](c2cc(C)cc(C)c2)(c2cc(C)cc(C)c2)c2cc(C)cc(C)c2)[C@H](C)[C@@H](O)[C@]1(C)O. The fourth-order valence-corrected chi connectivity index (χ4v) is 19.4. The maximum Gasteiger partial charge on any atom is 0.311 e. The standard InChI is InChI=1S/C69H110N2O13P/c1-20-57-69(16,78)62(74)51(12)71(58(72)26-24-22-21-23-25-27-85(53-31-41(2)28-42(3)32-53,54-33-43(4)29-44(5)34-54)55-35-45(6)30-46(7)36-55)40-47(8)38-67(14,77)64(84-66-60(73)56(70(17)18)37-48(9)80-66)49(10)61(50(11)65(76)82-57)83-59-39-68(15,79-19)63(75)52(13)81-59/h28-36,47-52,56-57,59-64,66,73-75,77-78H,20-27,37-40H2,1-19H3/q+1/t47-,48-,49+,50-,51-,52+,56+,57-,59+,60-,61+,62-,63+,64-,66+,67-,68-,69-/m1/s1. The van der Waals surface area contributed by atoms with Crippen molar-refractivity contribution >= 4 is 35.1 Å². The summed E-state index contributed by atoms with van der Waals surface area (Å²) in [6.45, 7) is 30.6. The van der Waals surface area contributed by atoms with E-state index in [9.17, 15) is 35.1 Å². The summed E-state index contributed by atoms with van der Waals surface area (Å²) in [5, 5.41) is 65.2. The summed E-state index contributed by atoms with van der Waals surface area (Å²) < 4.78 is 38.5. The number of nitrogens with zero attached hydrogens (tertiary/aromatic N) is 2. The van der Waals surface area contributed by atoms with Crippen LogP contribution in [0.3, 0.4) is 0 Å². The number of aliphatic hydroxyl groups is 5. The third kappa shape index (κ3) is 16.7. The second-order valence-corrected chi connectivity index (χ2v) is 31.0. The third-order valence-electron chi connectivity index (χ3n) is 19.1. The number of esters is 1. The molecular weight excluding hydrogens is 1100 g/mol. The summed E-state index contributed by atoms with van der Waals surface area (Å²) in [6, 6.07) is 20.0. The Bertz CT molecular complexity index is 2500. The van der Waals surface area contributed by atoms with Crippen LogP contribution in [0.15, 0.2) is 54.6 Å². The first kappa shape index (κ1) is 70.7. The quantitative estimate of drug-likeness (QED) is 0.0460. The zero-order valence-electron chi connectivity index (χ0n) is 55.2. The summed E-state index contributed by atoms with van der Waals surface area (Å²) in [4.78, 5) is 33.2. The van der Waals surface area contributed by atoms with Crippen molar-refractivity contribution in [2.45, 2.75) is 265 Å². The van der Waals surface area contributed by atoms with Crippen LogP contribution >= 0.6 is 7.26 Å². The van der Waals surface area contributed by atoms with Gasteiger partial charge in [0.1, 0.15) is 53.2 Å². The number of likely N-dealkylation sites (N-methyl/N-ethyl adjacent to an activating group) is 1. The summed E-state index contributed by atoms with van der Waals surface area (Å²) in [5.41, 5.74) is 2.71. The zero-order valence-corrected chi connectivity index (χ0v) is 56.1. The predicted octanol–water partition coefficient (Wildman–Crippen LogP) is 8.98. The Morgan fingerprint density at radius 1 is 0.718 bits per heavy atom. The molecule has 3 aliphatic heterocycles. The van der Waals surface area contributed by atoms with Crippen molar-refractivity contribution in [2.75, 3.05) is 33.9 Å². The number of cyclic esters (lactones) is 1. The van der Waals surface area contributed by atoms with E-state index in [1.165, 1.54) is 63.3 Å². The number of carbonyl (C=O) groups is 2. The Morgan fingerprint density at radius 2 is 1.22 bits per heavy atom. The van der Waals surface area contributed by atoms with Gasteiger partial charge in [-0.25, -0.2) is 0 Å². The molecule has 5 N–H and O–H groups in total. The largest absolute Gasteiger partial charge is 0.459 e. The van der Waals surface area contributed by atoms with Crippen molar-refractivity contribution < 1.29 is 63.5 Å². The lowest BCUT2D eigenvalue weighted by atomic mass is 9.77. The number of amides is 1. The van der Waals surface area contributed by atoms with Crippen molar-refractivity contribution in [1.82, 2.24) is 9.80 Å². The molecule has 15 nitrogen and oxygen atoms in total. The van der Waals surface area contributed by atoms with E-state index in [0.29, 0.717) is 12.8 Å². The fraction of sp³-hybridized carbons (Fsp3) is 0.710. The maximum atomic E-state index is 14.9. The highest BCUT2D eigenvalue weighted by molar-refractivity contribution is 7.95. The van der Waals surface area contributed by atoms with E-state index in [4.69, 9.17) is 28.4 Å². The molecule has 6 rings (SSSR count). The predicted molar refractivity (Wildman–Crippen MR) is 339 cm³/mol. The minimum absolute atomic E-state index is 0.0605. The molecule has 1 amide bonds. The normalized spacial score (nSPS) is 34.9. The average molecular weight is 1210 g/mol. The van der Waals surface area contributed by atoms with E-state index in [0.717, 1.165) is 31.8 Å². The molecule has 0 aliphatic carbocycles. The summed E-state index contributed by atoms with van der Waals surface area (Å²) in [7, 11) is 3.14. The molecule has 3 aliphatic rings. The van der Waals surface area contributed by atoms with Crippen molar-refractivity contribution in [1.29, 1.82) is 0 Å². The minimum Gasteiger partial charge on any atom is -0.459 e. The summed E-state index contributed by atoms with van der Waals surface area (Å²) in [5.74, 6) is -3.33. The van der Waals surface area contributed by atoms with Gasteiger partial charge in [-0.3, -0.25) is 9.59 Å². The smallest absolute Gasteiger partial charge is 0.311 e. The third-order valence-corrected chi connectivity index (χ3v) is 23.5. The van der Waals surface area contributed by atoms with Gasteiger partial charge in [-0.2, -0.15) is 0 Å². The number of methoxy groups -OCH3 is 1. The van der Waals surface area contributed by atoms with Crippen molar-refractivity contribution in [3.05, 3.63) is 88.0 Å². The Balaban J connectivity index is 1.29. The molecule has 3 heterocycles. The number of unbranched alkanes of at least 4 members (excludes halogenated alkanes) is 4. The van der Waals surface area contributed by atoms with E-state index in [-0.39, 0.29) is 50.3 Å². The number of aryl methyl sites for hydroxylation is 6. The van der Waals surface area contributed by atoms with E-state index in [2.05, 4.69) is 96.1 Å². The number of rotatable bonds is 18. The van der Waals surface area contributed by atoms with Gasteiger partial charge in [0.2, 0.25) is 5.91 Å². The maximum absolute atomic E-state index is 14.9. The highest BCUT2D eigenvalue weighted by Gasteiger charge is 2.54. The minimum atomic E-state index is -2.13. The molecule has 0 aromatic heterocycles. The van der Waals surface area contributed by atoms with Crippen LogP contribution in [0, 0.1) is 59.3 Å². The first-order chi connectivity index (χ1) is 39.7. The first-order valence-electron chi connectivity index (χ1n) is 31.7. The molecule has 3 fully saturated rings. The molecule has 0 bridgehead atoms. The number of aliphatic hydroxyl groups excluding tert-OH is 3. The highest BCUT2D eigenvalue weighted by atomic mass is 31.2. The van der Waals surface area contributed by atoms with Crippen LogP contribution in [0.2, 0.25) is 0 Å². The van der Waals surface area contributed by atoms with E-state index in [1.54, 1.807) is 46.4 Å². The average Bonchev–Trinajstić information content (AvgIpc) is 1.20. The molecule has 0 spiro atoms. The van der Waals surface area contributed by atoms with Gasteiger partial charge in [0.25, 0.3) is 0 Å². The number of ether oxygens (including phenoxy) is 6. The van der Waals surface area contributed by atoms with E-state index in [1.807, 2.05) is 39.8 Å². The zero-order chi connectivity index (χ0) is 63.3. The van der Waals surface area contributed by atoms with Crippen LogP contribution in [0.5, 0.6) is 0 Å². The van der Waals surface area contributed by atoms with Gasteiger partial charge in [0, 0.05) is 38.5 Å². The lowest BCUT2D eigenvalue weighted by Gasteiger charge is -2.48. The Kier molecular flexibility index (Phi) is 24.5. The van der Waals surface area contributed by atoms with Crippen molar-refractivity contribution in [3.8, 4) is 0 Å².